The third-order valence-corrected chi connectivity index (χ3v) is 5.84. The van der Waals surface area contributed by atoms with Crippen LogP contribution in [0.4, 0.5) is 9.18 Å². The van der Waals surface area contributed by atoms with E-state index in [1.807, 2.05) is 19.9 Å². The predicted octanol–water partition coefficient (Wildman–Crippen LogP) is 5.10. The van der Waals surface area contributed by atoms with E-state index in [1.165, 1.54) is 5.56 Å². The minimum atomic E-state index is -0.466. The van der Waals surface area contributed by atoms with E-state index < -0.39 is 6.09 Å². The average Bonchev–Trinajstić information content (AvgIpc) is 2.68. The first-order chi connectivity index (χ1) is 14.0. The fourth-order valence-corrected chi connectivity index (χ4v) is 4.64. The van der Waals surface area contributed by atoms with E-state index in [4.69, 9.17) is 4.74 Å². The van der Waals surface area contributed by atoms with Gasteiger partial charge in [0.25, 0.3) is 0 Å². The van der Waals surface area contributed by atoms with Crippen molar-refractivity contribution in [3.63, 3.8) is 0 Å². The lowest BCUT2D eigenvalue weighted by atomic mass is 9.76. The summed E-state index contributed by atoms with van der Waals surface area (Å²) < 4.78 is 20.2. The number of rotatable bonds is 5. The van der Waals surface area contributed by atoms with E-state index in [1.54, 1.807) is 18.2 Å². The second-order valence-electron chi connectivity index (χ2n) is 8.49. The number of ether oxygens (including phenoxy) is 1. The normalized spacial score (nSPS) is 17.6. The van der Waals surface area contributed by atoms with Gasteiger partial charge in [0.15, 0.2) is 0 Å². The summed E-state index contributed by atoms with van der Waals surface area (Å²) in [4.78, 5) is 14.8. The number of hydrogen-bond acceptors (Lipinski definition) is 3. The molecule has 0 spiro atoms. The number of carbonyl (C=O) groups is 1. The van der Waals surface area contributed by atoms with Crippen LogP contribution in [0.5, 0.6) is 5.75 Å². The van der Waals surface area contributed by atoms with Gasteiger partial charge in [-0.05, 0) is 72.2 Å². The summed E-state index contributed by atoms with van der Waals surface area (Å²) in [5.41, 5.74) is 5.13. The summed E-state index contributed by atoms with van der Waals surface area (Å²) in [6.45, 7) is 8.80. The number of halogens is 1. The second-order valence-corrected chi connectivity index (χ2v) is 8.49. The molecule has 4 nitrogen and oxygen atoms in total. The Morgan fingerprint density at radius 2 is 2.14 bits per heavy atom. The van der Waals surface area contributed by atoms with Crippen LogP contribution < -0.4 is 10.1 Å². The fraction of sp³-hybridized carbons (Fsp3) is 0.458. The lowest BCUT2D eigenvalue weighted by molar-refractivity contribution is 0.182. The standard InChI is InChI=1S/C24H29FN2O2/c1-4-9-27-10-8-17-11-18(25)13-19-22(17)20(27)12-16-6-5-7-21(23(16)19)29-24(28)26-14-15(2)3/h5-7,11,13,15,20H,4,8-10,12,14H2,1-3H3,(H,26,28). The first-order valence-corrected chi connectivity index (χ1v) is 10.6. The maximum absolute atomic E-state index is 14.5. The number of nitrogens with zero attached hydrogens (tertiary/aromatic N) is 1. The predicted molar refractivity (Wildman–Crippen MR) is 113 cm³/mol. The quantitative estimate of drug-likeness (QED) is 0.764. The monoisotopic (exact) mass is 396 g/mol. The van der Waals surface area contributed by atoms with Gasteiger partial charge in [-0.3, -0.25) is 4.90 Å². The molecular formula is C24H29FN2O2. The smallest absolute Gasteiger partial charge is 0.410 e. The minimum Gasteiger partial charge on any atom is -0.410 e. The van der Waals surface area contributed by atoms with Crippen molar-refractivity contribution in [1.29, 1.82) is 0 Å². The second kappa shape index (κ2) is 8.15. The van der Waals surface area contributed by atoms with Crippen LogP contribution in [0.3, 0.4) is 0 Å². The highest BCUT2D eigenvalue weighted by atomic mass is 19.1. The van der Waals surface area contributed by atoms with Crippen LogP contribution in [0.1, 0.15) is 49.9 Å². The van der Waals surface area contributed by atoms with E-state index in [2.05, 4.69) is 23.2 Å². The molecule has 1 unspecified atom stereocenters. The van der Waals surface area contributed by atoms with Crippen LogP contribution >= 0.6 is 0 Å². The van der Waals surface area contributed by atoms with Gasteiger partial charge in [0.05, 0.1) is 0 Å². The highest BCUT2D eigenvalue weighted by Crippen LogP contribution is 2.48. The number of benzene rings is 2. The van der Waals surface area contributed by atoms with Gasteiger partial charge in [-0.15, -0.1) is 0 Å². The van der Waals surface area contributed by atoms with Crippen molar-refractivity contribution in [1.82, 2.24) is 10.2 Å². The Hall–Kier alpha value is -2.40. The molecule has 2 aromatic rings. The lowest BCUT2D eigenvalue weighted by Crippen LogP contribution is -2.39. The number of nitrogens with one attached hydrogen (secondary N) is 1. The van der Waals surface area contributed by atoms with E-state index in [9.17, 15) is 9.18 Å². The summed E-state index contributed by atoms with van der Waals surface area (Å²) in [6, 6.07) is 9.34. The van der Waals surface area contributed by atoms with Crippen molar-refractivity contribution in [3.8, 4) is 16.9 Å². The summed E-state index contributed by atoms with van der Waals surface area (Å²) >= 11 is 0. The molecule has 1 amide bonds. The third-order valence-electron chi connectivity index (χ3n) is 5.84. The average molecular weight is 397 g/mol. The molecule has 0 fully saturated rings. The van der Waals surface area contributed by atoms with Crippen LogP contribution in [-0.4, -0.2) is 30.6 Å². The molecular weight excluding hydrogens is 367 g/mol. The molecule has 1 atom stereocenters. The Morgan fingerprint density at radius 3 is 2.90 bits per heavy atom. The highest BCUT2D eigenvalue weighted by molar-refractivity contribution is 5.83. The molecule has 0 aromatic heterocycles. The molecule has 5 heteroatoms. The molecule has 154 valence electrons. The van der Waals surface area contributed by atoms with Gasteiger partial charge < -0.3 is 10.1 Å². The van der Waals surface area contributed by atoms with Gasteiger partial charge in [0.2, 0.25) is 0 Å². The van der Waals surface area contributed by atoms with Crippen LogP contribution in [0.25, 0.3) is 11.1 Å². The maximum Gasteiger partial charge on any atom is 0.412 e. The van der Waals surface area contributed by atoms with Gasteiger partial charge >= 0.3 is 6.09 Å². The number of amides is 1. The third kappa shape index (κ3) is 3.88. The maximum atomic E-state index is 14.5. The van der Waals surface area contributed by atoms with E-state index >= 15 is 0 Å². The SMILES string of the molecule is CCCN1CCc2cc(F)cc3c2C1Cc1cccc(OC(=O)NCC(C)C)c1-3. The molecule has 1 heterocycles. The Kier molecular flexibility index (Phi) is 5.59. The zero-order valence-electron chi connectivity index (χ0n) is 17.4. The Labute approximate surface area is 172 Å². The van der Waals surface area contributed by atoms with Gasteiger partial charge in [-0.2, -0.15) is 0 Å². The van der Waals surface area contributed by atoms with Crippen LogP contribution in [0.15, 0.2) is 30.3 Å². The molecule has 0 saturated carbocycles. The summed E-state index contributed by atoms with van der Waals surface area (Å²) in [6.07, 6.45) is 2.33. The molecule has 2 aliphatic rings. The van der Waals surface area contributed by atoms with Crippen molar-refractivity contribution in [2.45, 2.75) is 46.1 Å². The largest absolute Gasteiger partial charge is 0.412 e. The molecule has 29 heavy (non-hydrogen) atoms. The highest BCUT2D eigenvalue weighted by Gasteiger charge is 2.35. The van der Waals surface area contributed by atoms with Crippen molar-refractivity contribution >= 4 is 6.09 Å². The zero-order valence-corrected chi connectivity index (χ0v) is 17.4. The summed E-state index contributed by atoms with van der Waals surface area (Å²) in [7, 11) is 0. The molecule has 1 aliphatic heterocycles. The molecule has 0 saturated heterocycles. The van der Waals surface area contributed by atoms with E-state index in [-0.39, 0.29) is 11.9 Å². The molecule has 1 aliphatic carbocycles. The van der Waals surface area contributed by atoms with E-state index in [0.717, 1.165) is 54.6 Å². The van der Waals surface area contributed by atoms with E-state index in [0.29, 0.717) is 18.2 Å². The molecule has 4 rings (SSSR count). The number of carbonyl (C=O) groups excluding carboxylic acids is 1. The fourth-order valence-electron chi connectivity index (χ4n) is 4.64. The van der Waals surface area contributed by atoms with Gasteiger partial charge in [0.1, 0.15) is 11.6 Å². The first kappa shape index (κ1) is 19.9. The van der Waals surface area contributed by atoms with Crippen LogP contribution in [-0.2, 0) is 12.8 Å². The first-order valence-electron chi connectivity index (χ1n) is 10.6. The van der Waals surface area contributed by atoms with Gasteiger partial charge in [0, 0.05) is 24.7 Å². The molecule has 1 N–H and O–H groups in total. The topological polar surface area (TPSA) is 41.6 Å². The van der Waals surface area contributed by atoms with Gasteiger partial charge in [-0.25, -0.2) is 9.18 Å². The Balaban J connectivity index is 1.76. The Morgan fingerprint density at radius 1 is 1.31 bits per heavy atom. The molecule has 0 radical (unpaired) electrons. The van der Waals surface area contributed by atoms with Crippen molar-refractivity contribution in [3.05, 3.63) is 52.8 Å². The van der Waals surface area contributed by atoms with Crippen LogP contribution in [0.2, 0.25) is 0 Å². The lowest BCUT2D eigenvalue weighted by Gasteiger charge is -2.42. The zero-order chi connectivity index (χ0) is 20.5. The van der Waals surface area contributed by atoms with Gasteiger partial charge in [-0.1, -0.05) is 32.9 Å². The Bertz CT molecular complexity index is 925. The van der Waals surface area contributed by atoms with Crippen molar-refractivity contribution < 1.29 is 13.9 Å². The van der Waals surface area contributed by atoms with Crippen LogP contribution in [0, 0.1) is 11.7 Å². The minimum absolute atomic E-state index is 0.228. The summed E-state index contributed by atoms with van der Waals surface area (Å²) in [5, 5.41) is 2.80. The molecule has 0 bridgehead atoms. The number of fused-ring (bicyclic) bond motifs is 2. The molecule has 2 aromatic carbocycles. The number of hydrogen-bond donors (Lipinski definition) is 1. The summed E-state index contributed by atoms with van der Waals surface area (Å²) in [5.74, 6) is 0.615. The van der Waals surface area contributed by atoms with Crippen molar-refractivity contribution in [2.24, 2.45) is 5.92 Å². The van der Waals surface area contributed by atoms with Crippen molar-refractivity contribution in [2.75, 3.05) is 19.6 Å².